The molecule has 0 aliphatic heterocycles. The number of carbonyl (C=O) groups is 2. The second-order valence-electron chi connectivity index (χ2n) is 7.42. The van der Waals surface area contributed by atoms with E-state index in [1.807, 2.05) is 0 Å². The maximum absolute atomic E-state index is 11.4. The molecule has 0 spiro atoms. The summed E-state index contributed by atoms with van der Waals surface area (Å²) in [7, 11) is 0. The topological polar surface area (TPSA) is 136 Å². The molecule has 0 heterocycles. The van der Waals surface area contributed by atoms with Gasteiger partial charge < -0.3 is 39.8 Å². The van der Waals surface area contributed by atoms with Gasteiger partial charge in [-0.1, -0.05) is 13.2 Å². The number of aliphatic hydroxyl groups is 2. The average molecular weight is 461 g/mol. The van der Waals surface area contributed by atoms with Crippen LogP contribution in [0.2, 0.25) is 0 Å². The first-order valence-electron chi connectivity index (χ1n) is 10.8. The van der Waals surface area contributed by atoms with Crippen molar-refractivity contribution >= 4 is 11.9 Å². The molecule has 10 nitrogen and oxygen atoms in total. The number of ether oxygens (including phenoxy) is 4. The molecule has 0 aromatic carbocycles. The number of carbonyl (C=O) groups excluding carboxylic acids is 2. The van der Waals surface area contributed by atoms with Gasteiger partial charge in [0.15, 0.2) is 0 Å². The van der Waals surface area contributed by atoms with E-state index in [1.165, 1.54) is 0 Å². The molecular formula is C22H40N2O8. The van der Waals surface area contributed by atoms with E-state index in [2.05, 4.69) is 23.8 Å². The normalized spacial score (nSPS) is 12.8. The van der Waals surface area contributed by atoms with Crippen LogP contribution in [0.4, 0.5) is 0 Å². The van der Waals surface area contributed by atoms with Gasteiger partial charge in [-0.05, 0) is 20.3 Å². The Morgan fingerprint density at radius 2 is 1.34 bits per heavy atom. The summed E-state index contributed by atoms with van der Waals surface area (Å²) in [4.78, 5) is 22.7. The Morgan fingerprint density at radius 1 is 0.844 bits per heavy atom. The summed E-state index contributed by atoms with van der Waals surface area (Å²) in [5.41, 5.74) is 0.648. The van der Waals surface area contributed by atoms with Gasteiger partial charge in [-0.25, -0.2) is 9.59 Å². The molecule has 10 heteroatoms. The zero-order valence-corrected chi connectivity index (χ0v) is 19.4. The summed E-state index contributed by atoms with van der Waals surface area (Å²) in [6.07, 6.45) is -0.250. The van der Waals surface area contributed by atoms with Gasteiger partial charge in [-0.3, -0.25) is 0 Å². The van der Waals surface area contributed by atoms with Gasteiger partial charge in [-0.15, -0.1) is 0 Å². The van der Waals surface area contributed by atoms with Crippen LogP contribution in [0.1, 0.15) is 20.3 Å². The molecule has 0 aliphatic rings. The van der Waals surface area contributed by atoms with Crippen molar-refractivity contribution in [2.45, 2.75) is 26.4 Å². The first kappa shape index (κ1) is 30.2. The van der Waals surface area contributed by atoms with Crippen molar-refractivity contribution < 1.29 is 38.7 Å². The minimum absolute atomic E-state index is 0.0239. The number of nitrogens with one attached hydrogen (secondary N) is 2. The highest BCUT2D eigenvalue weighted by Gasteiger charge is 2.12. The number of aliphatic hydroxyl groups excluding tert-OH is 2. The van der Waals surface area contributed by atoms with Crippen LogP contribution in [-0.4, -0.2) is 101 Å². The van der Waals surface area contributed by atoms with Gasteiger partial charge >= 0.3 is 11.9 Å². The number of hydrogen-bond acceptors (Lipinski definition) is 10. The van der Waals surface area contributed by atoms with Crippen LogP contribution in [-0.2, 0) is 28.5 Å². The van der Waals surface area contributed by atoms with Gasteiger partial charge in [0.1, 0.15) is 12.7 Å². The molecule has 2 unspecified atom stereocenters. The fourth-order valence-electron chi connectivity index (χ4n) is 2.28. The van der Waals surface area contributed by atoms with Crippen molar-refractivity contribution in [1.29, 1.82) is 0 Å². The molecular weight excluding hydrogens is 420 g/mol. The molecule has 0 radical (unpaired) electrons. The van der Waals surface area contributed by atoms with Crippen molar-refractivity contribution in [2.24, 2.45) is 5.92 Å². The third-order valence-corrected chi connectivity index (χ3v) is 4.12. The van der Waals surface area contributed by atoms with Crippen molar-refractivity contribution in [1.82, 2.24) is 10.6 Å². The van der Waals surface area contributed by atoms with Crippen LogP contribution in [0.3, 0.4) is 0 Å². The summed E-state index contributed by atoms with van der Waals surface area (Å²) in [6.45, 7) is 14.3. The number of hydrogen-bond donors (Lipinski definition) is 4. The molecule has 0 saturated carbocycles. The smallest absolute Gasteiger partial charge is 0.333 e. The molecule has 0 aliphatic carbocycles. The van der Waals surface area contributed by atoms with Gasteiger partial charge in [0.25, 0.3) is 0 Å². The Labute approximate surface area is 190 Å². The molecule has 0 rings (SSSR count). The maximum atomic E-state index is 11.4. The Balaban J connectivity index is 3.54. The van der Waals surface area contributed by atoms with Crippen molar-refractivity contribution in [3.63, 3.8) is 0 Å². The van der Waals surface area contributed by atoms with Crippen molar-refractivity contribution in [3.05, 3.63) is 24.3 Å². The fourth-order valence-corrected chi connectivity index (χ4v) is 2.28. The van der Waals surface area contributed by atoms with Gasteiger partial charge in [-0.2, -0.15) is 0 Å². The highest BCUT2D eigenvalue weighted by Crippen LogP contribution is 2.04. The first-order valence-corrected chi connectivity index (χ1v) is 10.8. The van der Waals surface area contributed by atoms with E-state index in [-0.39, 0.29) is 25.7 Å². The molecule has 0 fully saturated rings. The highest BCUT2D eigenvalue weighted by atomic mass is 16.5. The van der Waals surface area contributed by atoms with Crippen LogP contribution in [0.25, 0.3) is 0 Å². The minimum Gasteiger partial charge on any atom is -0.462 e. The number of esters is 2. The Kier molecular flexibility index (Phi) is 18.7. The van der Waals surface area contributed by atoms with Crippen LogP contribution in [0.15, 0.2) is 24.3 Å². The average Bonchev–Trinajstić information content (AvgIpc) is 2.75. The lowest BCUT2D eigenvalue weighted by Crippen LogP contribution is -2.33. The summed E-state index contributed by atoms with van der Waals surface area (Å²) >= 11 is 0. The second-order valence-corrected chi connectivity index (χ2v) is 7.42. The summed E-state index contributed by atoms with van der Waals surface area (Å²) in [6, 6.07) is 0. The highest BCUT2D eigenvalue weighted by molar-refractivity contribution is 5.87. The number of rotatable bonds is 21. The fraction of sp³-hybridized carbons (Fsp3) is 0.727. The Bertz CT molecular complexity index is 556. The van der Waals surface area contributed by atoms with E-state index in [0.717, 1.165) is 0 Å². The summed E-state index contributed by atoms with van der Waals surface area (Å²) in [5.74, 6) is -0.917. The minimum atomic E-state index is -0.788. The monoisotopic (exact) mass is 460 g/mol. The summed E-state index contributed by atoms with van der Waals surface area (Å²) < 4.78 is 20.9. The molecule has 2 atom stereocenters. The quantitative estimate of drug-likeness (QED) is 0.104. The predicted molar refractivity (Wildman–Crippen MR) is 120 cm³/mol. The van der Waals surface area contributed by atoms with Gasteiger partial charge in [0.05, 0.1) is 33.0 Å². The third-order valence-electron chi connectivity index (χ3n) is 4.12. The molecule has 0 bridgehead atoms. The molecule has 32 heavy (non-hydrogen) atoms. The van der Waals surface area contributed by atoms with Crippen molar-refractivity contribution in [3.8, 4) is 0 Å². The molecule has 186 valence electrons. The predicted octanol–water partition coefficient (Wildman–Crippen LogP) is -0.203. The Morgan fingerprint density at radius 3 is 1.84 bits per heavy atom. The van der Waals surface area contributed by atoms with E-state index >= 15 is 0 Å². The van der Waals surface area contributed by atoms with Gasteiger partial charge in [0.2, 0.25) is 0 Å². The Hall–Kier alpha value is -1.82. The lowest BCUT2D eigenvalue weighted by atomic mass is 10.1. The van der Waals surface area contributed by atoms with Crippen LogP contribution in [0.5, 0.6) is 0 Å². The molecule has 0 aromatic heterocycles. The molecule has 4 N–H and O–H groups in total. The van der Waals surface area contributed by atoms with E-state index in [9.17, 15) is 14.7 Å². The molecule has 0 aromatic rings. The second kappa shape index (κ2) is 19.8. The first-order chi connectivity index (χ1) is 15.3. The zero-order valence-electron chi connectivity index (χ0n) is 19.4. The molecule has 0 amide bonds. The van der Waals surface area contributed by atoms with E-state index < -0.39 is 18.0 Å². The lowest BCUT2D eigenvalue weighted by molar-refractivity contribution is -0.142. The maximum Gasteiger partial charge on any atom is 0.333 e. The van der Waals surface area contributed by atoms with E-state index in [1.54, 1.807) is 13.8 Å². The lowest BCUT2D eigenvalue weighted by Gasteiger charge is -2.17. The van der Waals surface area contributed by atoms with Gasteiger partial charge in [0, 0.05) is 49.9 Å². The van der Waals surface area contributed by atoms with Crippen molar-refractivity contribution in [2.75, 3.05) is 72.4 Å². The van der Waals surface area contributed by atoms with E-state index in [4.69, 9.17) is 24.1 Å². The standard InChI is InChI=1S/C22H40N2O8/c1-17(2)21(27)31-15-19(5-8-25)13-23-6-9-29-11-12-30-10-7-24-14-20(26)16-32-22(28)18(3)4/h19-20,23-26H,1,3,5-16H2,2,4H3. The van der Waals surface area contributed by atoms with E-state index in [0.29, 0.717) is 70.2 Å². The third kappa shape index (κ3) is 17.8. The zero-order chi connectivity index (χ0) is 24.2. The van der Waals surface area contributed by atoms with Crippen LogP contribution in [0, 0.1) is 5.92 Å². The van der Waals surface area contributed by atoms with Crippen LogP contribution < -0.4 is 10.6 Å². The SMILES string of the molecule is C=C(C)C(=O)OCC(O)CNCCOCCOCCNCC(CCO)COC(=O)C(=C)C. The summed E-state index contributed by atoms with van der Waals surface area (Å²) in [5, 5.41) is 25.0. The largest absolute Gasteiger partial charge is 0.462 e. The molecule has 0 saturated heterocycles. The van der Waals surface area contributed by atoms with Crippen LogP contribution >= 0.6 is 0 Å².